The van der Waals surface area contributed by atoms with E-state index in [1.165, 1.54) is 12.8 Å². The molecule has 0 spiro atoms. The number of hydrogen-bond donors (Lipinski definition) is 1. The van der Waals surface area contributed by atoms with Crippen LogP contribution in [0.3, 0.4) is 0 Å². The van der Waals surface area contributed by atoms with Crippen LogP contribution in [-0.2, 0) is 6.54 Å². The minimum absolute atomic E-state index is 0.363. The van der Waals surface area contributed by atoms with Gasteiger partial charge in [-0.1, -0.05) is 17.4 Å². The third kappa shape index (κ3) is 1.44. The number of aromatic nitrogens is 3. The fourth-order valence-electron chi connectivity index (χ4n) is 1.49. The van der Waals surface area contributed by atoms with E-state index in [-0.39, 0.29) is 0 Å². The molecular weight excluding hydrogens is 184 g/mol. The molecule has 0 unspecified atom stereocenters. The molecule has 1 saturated carbocycles. The molecule has 1 aromatic rings. The third-order valence-corrected chi connectivity index (χ3v) is 2.46. The highest BCUT2D eigenvalue weighted by Crippen LogP contribution is 2.41. The van der Waals surface area contributed by atoms with Crippen molar-refractivity contribution in [1.29, 1.82) is 0 Å². The highest BCUT2D eigenvalue weighted by atomic mass is 32.1. The molecule has 1 fully saturated rings. The van der Waals surface area contributed by atoms with Crippen molar-refractivity contribution in [2.45, 2.75) is 32.2 Å². The predicted octanol–water partition coefficient (Wildman–Crippen LogP) is 0.810. The lowest BCUT2D eigenvalue weighted by molar-refractivity contribution is 0.598. The van der Waals surface area contributed by atoms with Gasteiger partial charge in [-0.2, -0.15) is 0 Å². The number of nitrogens with two attached hydrogens (primary N) is 1. The fourth-order valence-corrected chi connectivity index (χ4v) is 1.64. The summed E-state index contributed by atoms with van der Waals surface area (Å²) in [6.07, 6.45) is 2.42. The Balaban J connectivity index is 2.44. The number of thiocarbonyl (C=S) groups is 1. The quantitative estimate of drug-likeness (QED) is 0.727. The number of rotatable bonds is 3. The lowest BCUT2D eigenvalue weighted by atomic mass is 10.2. The summed E-state index contributed by atoms with van der Waals surface area (Å²) in [6, 6.07) is 0. The summed E-state index contributed by atoms with van der Waals surface area (Å²) in [5, 5.41) is 8.01. The van der Waals surface area contributed by atoms with Gasteiger partial charge in [0, 0.05) is 12.5 Å². The van der Waals surface area contributed by atoms with Crippen LogP contribution in [0.4, 0.5) is 0 Å². The summed E-state index contributed by atoms with van der Waals surface area (Å²) < 4.78 is 1.90. The molecule has 0 radical (unpaired) electrons. The van der Waals surface area contributed by atoms with E-state index in [0.717, 1.165) is 17.9 Å². The van der Waals surface area contributed by atoms with Crippen molar-refractivity contribution in [3.8, 4) is 0 Å². The van der Waals surface area contributed by atoms with Gasteiger partial charge < -0.3 is 5.73 Å². The Kier molecular flexibility index (Phi) is 2.03. The van der Waals surface area contributed by atoms with Gasteiger partial charge in [0.05, 0.1) is 5.69 Å². The van der Waals surface area contributed by atoms with Crippen molar-refractivity contribution >= 4 is 17.2 Å². The van der Waals surface area contributed by atoms with Crippen LogP contribution in [0, 0.1) is 0 Å². The summed E-state index contributed by atoms with van der Waals surface area (Å²) in [7, 11) is 0. The van der Waals surface area contributed by atoms with E-state index in [0.29, 0.717) is 10.9 Å². The molecule has 5 heteroatoms. The first-order valence-corrected chi connectivity index (χ1v) is 4.88. The maximum atomic E-state index is 5.56. The molecule has 70 valence electrons. The second-order valence-electron chi connectivity index (χ2n) is 3.28. The van der Waals surface area contributed by atoms with Crippen LogP contribution in [0.15, 0.2) is 0 Å². The third-order valence-electron chi connectivity index (χ3n) is 2.27. The topological polar surface area (TPSA) is 56.7 Å². The van der Waals surface area contributed by atoms with E-state index >= 15 is 0 Å². The van der Waals surface area contributed by atoms with Gasteiger partial charge in [0.25, 0.3) is 0 Å². The highest BCUT2D eigenvalue weighted by molar-refractivity contribution is 7.80. The van der Waals surface area contributed by atoms with Crippen molar-refractivity contribution < 1.29 is 0 Å². The molecule has 0 bridgehead atoms. The zero-order valence-corrected chi connectivity index (χ0v) is 8.34. The standard InChI is InChI=1S/C8H12N4S/c1-2-12-7(5-3-4-5)6(8(9)13)10-11-12/h5H,2-4H2,1H3,(H2,9,13). The van der Waals surface area contributed by atoms with Crippen LogP contribution in [0.1, 0.15) is 37.1 Å². The molecule has 1 aliphatic rings. The Morgan fingerprint density at radius 3 is 2.85 bits per heavy atom. The van der Waals surface area contributed by atoms with Crippen LogP contribution < -0.4 is 5.73 Å². The minimum atomic E-state index is 0.363. The van der Waals surface area contributed by atoms with Crippen molar-refractivity contribution in [3.63, 3.8) is 0 Å². The lowest BCUT2D eigenvalue weighted by Gasteiger charge is -2.02. The second-order valence-corrected chi connectivity index (χ2v) is 3.72. The molecule has 4 nitrogen and oxygen atoms in total. The Bertz CT molecular complexity index is 340. The van der Waals surface area contributed by atoms with E-state index < -0.39 is 0 Å². The summed E-state index contributed by atoms with van der Waals surface area (Å²) in [5.41, 5.74) is 7.42. The van der Waals surface area contributed by atoms with E-state index in [1.54, 1.807) is 0 Å². The molecule has 0 amide bonds. The normalized spacial score (nSPS) is 16.1. The highest BCUT2D eigenvalue weighted by Gasteiger charge is 2.31. The summed E-state index contributed by atoms with van der Waals surface area (Å²) in [6.45, 7) is 2.88. The van der Waals surface area contributed by atoms with Crippen LogP contribution in [0.25, 0.3) is 0 Å². The van der Waals surface area contributed by atoms with Gasteiger partial charge in [-0.25, -0.2) is 4.68 Å². The van der Waals surface area contributed by atoms with Crippen LogP contribution in [0.5, 0.6) is 0 Å². The van der Waals surface area contributed by atoms with Crippen LogP contribution in [0.2, 0.25) is 0 Å². The van der Waals surface area contributed by atoms with Crippen LogP contribution >= 0.6 is 12.2 Å². The largest absolute Gasteiger partial charge is 0.388 e. The van der Waals surface area contributed by atoms with Crippen LogP contribution in [-0.4, -0.2) is 20.0 Å². The SMILES string of the molecule is CCn1nnc(C(N)=S)c1C1CC1. The Labute approximate surface area is 82.1 Å². The fraction of sp³-hybridized carbons (Fsp3) is 0.625. The smallest absolute Gasteiger partial charge is 0.143 e. The molecule has 0 aromatic carbocycles. The van der Waals surface area contributed by atoms with Gasteiger partial charge in [0.1, 0.15) is 10.7 Å². The van der Waals surface area contributed by atoms with Gasteiger partial charge in [0.2, 0.25) is 0 Å². The van der Waals surface area contributed by atoms with Gasteiger partial charge in [0.15, 0.2) is 0 Å². The molecule has 0 atom stereocenters. The van der Waals surface area contributed by atoms with E-state index in [2.05, 4.69) is 10.3 Å². The molecule has 0 aliphatic heterocycles. The summed E-state index contributed by atoms with van der Waals surface area (Å²) in [4.78, 5) is 0.363. The molecule has 1 aliphatic carbocycles. The first kappa shape index (κ1) is 8.62. The molecule has 1 heterocycles. The van der Waals surface area contributed by atoms with E-state index in [9.17, 15) is 0 Å². The first-order valence-electron chi connectivity index (χ1n) is 4.47. The first-order chi connectivity index (χ1) is 6.24. The van der Waals surface area contributed by atoms with E-state index in [1.807, 2.05) is 11.6 Å². The Morgan fingerprint density at radius 1 is 1.69 bits per heavy atom. The maximum absolute atomic E-state index is 5.56. The summed E-state index contributed by atoms with van der Waals surface area (Å²) in [5.74, 6) is 0.589. The Morgan fingerprint density at radius 2 is 2.38 bits per heavy atom. The van der Waals surface area contributed by atoms with Crippen molar-refractivity contribution in [2.75, 3.05) is 0 Å². The predicted molar refractivity (Wildman–Crippen MR) is 53.6 cm³/mol. The maximum Gasteiger partial charge on any atom is 0.143 e. The molecule has 2 N–H and O–H groups in total. The molecule has 2 rings (SSSR count). The Hall–Kier alpha value is -0.970. The molecule has 1 aromatic heterocycles. The van der Waals surface area contributed by atoms with E-state index in [4.69, 9.17) is 18.0 Å². The average molecular weight is 196 g/mol. The minimum Gasteiger partial charge on any atom is -0.388 e. The number of aryl methyl sites for hydroxylation is 1. The number of nitrogens with zero attached hydrogens (tertiary/aromatic N) is 3. The second kappa shape index (κ2) is 3.06. The average Bonchev–Trinajstić information content (AvgIpc) is 2.84. The van der Waals surface area contributed by atoms with Gasteiger partial charge in [-0.3, -0.25) is 0 Å². The molecule has 13 heavy (non-hydrogen) atoms. The van der Waals surface area contributed by atoms with Gasteiger partial charge in [-0.05, 0) is 19.8 Å². The van der Waals surface area contributed by atoms with Crippen molar-refractivity contribution in [2.24, 2.45) is 5.73 Å². The zero-order valence-electron chi connectivity index (χ0n) is 7.53. The van der Waals surface area contributed by atoms with Gasteiger partial charge >= 0.3 is 0 Å². The number of hydrogen-bond acceptors (Lipinski definition) is 3. The van der Waals surface area contributed by atoms with Crippen molar-refractivity contribution in [3.05, 3.63) is 11.4 Å². The lowest BCUT2D eigenvalue weighted by Crippen LogP contribution is -2.13. The van der Waals surface area contributed by atoms with Crippen molar-refractivity contribution in [1.82, 2.24) is 15.0 Å². The molecule has 0 saturated heterocycles. The monoisotopic (exact) mass is 196 g/mol. The summed E-state index contributed by atoms with van der Waals surface area (Å²) >= 11 is 4.92. The zero-order chi connectivity index (χ0) is 9.42. The molecular formula is C8H12N4S. The van der Waals surface area contributed by atoms with Gasteiger partial charge in [-0.15, -0.1) is 5.10 Å².